The van der Waals surface area contributed by atoms with E-state index in [9.17, 15) is 4.79 Å². The van der Waals surface area contributed by atoms with Gasteiger partial charge in [0.2, 0.25) is 0 Å². The number of benzene rings is 1. The zero-order valence-electron chi connectivity index (χ0n) is 13.0. The van der Waals surface area contributed by atoms with Crippen LogP contribution in [0.15, 0.2) is 18.2 Å². The van der Waals surface area contributed by atoms with Gasteiger partial charge in [0.05, 0.1) is 20.3 Å². The quantitative estimate of drug-likeness (QED) is 0.891. The van der Waals surface area contributed by atoms with Gasteiger partial charge in [0, 0.05) is 5.54 Å². The topological polar surface area (TPSA) is 59.6 Å². The van der Waals surface area contributed by atoms with Gasteiger partial charge in [-0.25, -0.2) is 4.79 Å². The molecule has 20 heavy (non-hydrogen) atoms. The van der Waals surface area contributed by atoms with E-state index in [1.165, 1.54) is 0 Å². The number of ether oxygens (including phenoxy) is 2. The highest BCUT2D eigenvalue weighted by atomic mass is 16.5. The molecule has 0 saturated heterocycles. The summed E-state index contributed by atoms with van der Waals surface area (Å²) in [6.07, 6.45) is 0. The number of rotatable bonds is 4. The molecular formula is C15H24N2O3. The van der Waals surface area contributed by atoms with E-state index in [0.29, 0.717) is 11.5 Å². The maximum absolute atomic E-state index is 11.8. The molecule has 0 aliphatic heterocycles. The van der Waals surface area contributed by atoms with Crippen molar-refractivity contribution in [2.45, 2.75) is 39.3 Å². The lowest BCUT2D eigenvalue weighted by Crippen LogP contribution is -2.47. The van der Waals surface area contributed by atoms with Gasteiger partial charge in [-0.2, -0.15) is 0 Å². The maximum atomic E-state index is 11.8. The summed E-state index contributed by atoms with van der Waals surface area (Å²) in [6, 6.07) is 5.27. The van der Waals surface area contributed by atoms with Crippen LogP contribution in [-0.4, -0.2) is 25.8 Å². The highest BCUT2D eigenvalue weighted by Gasteiger charge is 2.16. The van der Waals surface area contributed by atoms with E-state index in [-0.39, 0.29) is 17.6 Å². The van der Waals surface area contributed by atoms with Gasteiger partial charge in [-0.05, 0) is 45.4 Å². The molecule has 0 aliphatic carbocycles. The summed E-state index contributed by atoms with van der Waals surface area (Å²) < 4.78 is 10.5. The van der Waals surface area contributed by atoms with Gasteiger partial charge < -0.3 is 20.1 Å². The van der Waals surface area contributed by atoms with Gasteiger partial charge in [0.1, 0.15) is 0 Å². The monoisotopic (exact) mass is 280 g/mol. The molecule has 0 fully saturated rings. The third-order valence-corrected chi connectivity index (χ3v) is 2.74. The number of urea groups is 1. The van der Waals surface area contributed by atoms with Crippen molar-refractivity contribution < 1.29 is 14.3 Å². The Morgan fingerprint density at radius 2 is 1.75 bits per heavy atom. The lowest BCUT2D eigenvalue weighted by Gasteiger charge is -2.23. The molecule has 0 aromatic heterocycles. The minimum absolute atomic E-state index is 0.128. The molecule has 2 N–H and O–H groups in total. The standard InChI is InChI=1S/C15H24N2O3/c1-10(16-14(18)17-15(2,3)4)11-7-8-12(19-5)13(9-11)20-6/h7-10H,1-6H3,(H2,16,17,18). The molecule has 0 radical (unpaired) electrons. The number of nitrogens with one attached hydrogen (secondary N) is 2. The van der Waals surface area contributed by atoms with Crippen LogP contribution in [0.5, 0.6) is 11.5 Å². The third-order valence-electron chi connectivity index (χ3n) is 2.74. The maximum Gasteiger partial charge on any atom is 0.315 e. The zero-order chi connectivity index (χ0) is 15.3. The van der Waals surface area contributed by atoms with Gasteiger partial charge in [0.25, 0.3) is 0 Å². The minimum Gasteiger partial charge on any atom is -0.493 e. The van der Waals surface area contributed by atoms with Crippen molar-refractivity contribution in [2.24, 2.45) is 0 Å². The van der Waals surface area contributed by atoms with Crippen LogP contribution < -0.4 is 20.1 Å². The van der Waals surface area contributed by atoms with Crippen LogP contribution in [0.4, 0.5) is 4.79 Å². The van der Waals surface area contributed by atoms with Crippen LogP contribution in [0.25, 0.3) is 0 Å². The molecule has 0 bridgehead atoms. The number of hydrogen-bond acceptors (Lipinski definition) is 3. The largest absolute Gasteiger partial charge is 0.493 e. The molecule has 2 amide bonds. The van der Waals surface area contributed by atoms with Crippen molar-refractivity contribution in [3.05, 3.63) is 23.8 Å². The van der Waals surface area contributed by atoms with Crippen LogP contribution in [0.3, 0.4) is 0 Å². The molecule has 1 aromatic carbocycles. The fraction of sp³-hybridized carbons (Fsp3) is 0.533. The smallest absolute Gasteiger partial charge is 0.315 e. The Morgan fingerprint density at radius 1 is 1.15 bits per heavy atom. The second-order valence-electron chi connectivity index (χ2n) is 5.68. The second-order valence-corrected chi connectivity index (χ2v) is 5.68. The molecular weight excluding hydrogens is 256 g/mol. The van der Waals surface area contributed by atoms with E-state index in [1.54, 1.807) is 14.2 Å². The number of hydrogen-bond donors (Lipinski definition) is 2. The molecule has 1 unspecified atom stereocenters. The van der Waals surface area contributed by atoms with E-state index in [4.69, 9.17) is 9.47 Å². The van der Waals surface area contributed by atoms with Gasteiger partial charge >= 0.3 is 6.03 Å². The number of methoxy groups -OCH3 is 2. The van der Waals surface area contributed by atoms with Crippen molar-refractivity contribution in [1.29, 1.82) is 0 Å². The average Bonchev–Trinajstić information content (AvgIpc) is 2.35. The highest BCUT2D eigenvalue weighted by Crippen LogP contribution is 2.29. The van der Waals surface area contributed by atoms with E-state index < -0.39 is 0 Å². The summed E-state index contributed by atoms with van der Waals surface area (Å²) in [5.74, 6) is 1.32. The van der Waals surface area contributed by atoms with Gasteiger partial charge in [-0.3, -0.25) is 0 Å². The van der Waals surface area contributed by atoms with Gasteiger partial charge in [0.15, 0.2) is 11.5 Å². The first-order chi connectivity index (χ1) is 9.26. The third kappa shape index (κ3) is 4.64. The fourth-order valence-corrected chi connectivity index (χ4v) is 1.78. The molecule has 0 spiro atoms. The van der Waals surface area contributed by atoms with Crippen LogP contribution in [0.2, 0.25) is 0 Å². The average molecular weight is 280 g/mol. The van der Waals surface area contributed by atoms with Crippen molar-refractivity contribution in [2.75, 3.05) is 14.2 Å². The van der Waals surface area contributed by atoms with Crippen LogP contribution >= 0.6 is 0 Å². The van der Waals surface area contributed by atoms with Crippen LogP contribution in [-0.2, 0) is 0 Å². The first-order valence-electron chi connectivity index (χ1n) is 6.57. The molecule has 0 saturated carbocycles. The van der Waals surface area contributed by atoms with E-state index in [1.807, 2.05) is 45.9 Å². The summed E-state index contributed by atoms with van der Waals surface area (Å²) in [5.41, 5.74) is 0.688. The molecule has 0 aliphatic rings. The van der Waals surface area contributed by atoms with E-state index >= 15 is 0 Å². The van der Waals surface area contributed by atoms with Crippen molar-refractivity contribution >= 4 is 6.03 Å². The molecule has 1 rings (SSSR count). The molecule has 5 heteroatoms. The number of carbonyl (C=O) groups excluding carboxylic acids is 1. The minimum atomic E-state index is -0.262. The molecule has 112 valence electrons. The number of carbonyl (C=O) groups is 1. The van der Waals surface area contributed by atoms with Crippen molar-refractivity contribution in [1.82, 2.24) is 10.6 Å². The summed E-state index contributed by atoms with van der Waals surface area (Å²) in [5, 5.41) is 5.76. The van der Waals surface area contributed by atoms with Gasteiger partial charge in [-0.1, -0.05) is 6.07 Å². The predicted molar refractivity (Wildman–Crippen MR) is 79.4 cm³/mol. The van der Waals surface area contributed by atoms with Crippen molar-refractivity contribution in [3.8, 4) is 11.5 Å². The number of amides is 2. The SMILES string of the molecule is COc1ccc(C(C)NC(=O)NC(C)(C)C)cc1OC. The Hall–Kier alpha value is -1.91. The van der Waals surface area contributed by atoms with Crippen LogP contribution in [0, 0.1) is 0 Å². The Kier molecular flexibility index (Phi) is 5.25. The zero-order valence-corrected chi connectivity index (χ0v) is 13.0. The molecule has 1 aromatic rings. The predicted octanol–water partition coefficient (Wildman–Crippen LogP) is 2.86. The normalized spacial score (nSPS) is 12.5. The molecule has 0 heterocycles. The molecule has 5 nitrogen and oxygen atoms in total. The summed E-state index contributed by atoms with van der Waals surface area (Å²) in [6.45, 7) is 7.73. The van der Waals surface area contributed by atoms with Gasteiger partial charge in [-0.15, -0.1) is 0 Å². The lowest BCUT2D eigenvalue weighted by atomic mass is 10.1. The Morgan fingerprint density at radius 3 is 2.25 bits per heavy atom. The summed E-state index contributed by atoms with van der Waals surface area (Å²) >= 11 is 0. The Labute approximate surface area is 120 Å². The van der Waals surface area contributed by atoms with Crippen molar-refractivity contribution in [3.63, 3.8) is 0 Å². The Balaban J connectivity index is 2.77. The van der Waals surface area contributed by atoms with E-state index in [2.05, 4.69) is 10.6 Å². The summed E-state index contributed by atoms with van der Waals surface area (Å²) in [4.78, 5) is 11.8. The fourth-order valence-electron chi connectivity index (χ4n) is 1.78. The highest BCUT2D eigenvalue weighted by molar-refractivity contribution is 5.75. The van der Waals surface area contributed by atoms with E-state index in [0.717, 1.165) is 5.56 Å². The first-order valence-corrected chi connectivity index (χ1v) is 6.57. The second kappa shape index (κ2) is 6.50. The Bertz CT molecular complexity index is 467. The van der Waals surface area contributed by atoms with Crippen LogP contribution in [0.1, 0.15) is 39.3 Å². The lowest BCUT2D eigenvalue weighted by molar-refractivity contribution is 0.229. The molecule has 1 atom stereocenters. The summed E-state index contributed by atoms with van der Waals surface area (Å²) in [7, 11) is 3.18. The first kappa shape index (κ1) is 16.1.